The molecule has 0 atom stereocenters. The second-order valence-electron chi connectivity index (χ2n) is 4.06. The van der Waals surface area contributed by atoms with Crippen LogP contribution >= 0.6 is 27.7 Å². The maximum absolute atomic E-state index is 5.49. The van der Waals surface area contributed by atoms with Crippen molar-refractivity contribution in [3.05, 3.63) is 41.1 Å². The Bertz CT molecular complexity index is 744. The number of ether oxygens (including phenoxy) is 1. The van der Waals surface area contributed by atoms with Crippen LogP contribution in [0.15, 0.2) is 51.2 Å². The van der Waals surface area contributed by atoms with Gasteiger partial charge >= 0.3 is 0 Å². The highest BCUT2D eigenvalue weighted by Crippen LogP contribution is 2.32. The number of hydrogen-bond donors (Lipinski definition) is 1. The Morgan fingerprint density at radius 3 is 3.05 bits per heavy atom. The largest absolute Gasteiger partial charge is 0.494 e. The van der Waals surface area contributed by atoms with E-state index in [1.807, 2.05) is 31.2 Å². The van der Waals surface area contributed by atoms with E-state index in [0.29, 0.717) is 6.61 Å². The van der Waals surface area contributed by atoms with Crippen molar-refractivity contribution in [1.82, 2.24) is 15.0 Å². The molecule has 0 fully saturated rings. The molecular formula is C14H12BrN3OS. The van der Waals surface area contributed by atoms with Gasteiger partial charge in [-0.3, -0.25) is 4.98 Å². The highest BCUT2D eigenvalue weighted by Gasteiger charge is 2.08. The molecule has 3 aromatic rings. The average Bonchev–Trinajstić information content (AvgIpc) is 2.83. The van der Waals surface area contributed by atoms with Crippen LogP contribution in [0.25, 0.3) is 11.0 Å². The molecule has 1 aromatic carbocycles. The lowest BCUT2D eigenvalue weighted by Crippen LogP contribution is -1.90. The zero-order valence-corrected chi connectivity index (χ0v) is 13.2. The summed E-state index contributed by atoms with van der Waals surface area (Å²) < 4.78 is 6.45. The zero-order valence-electron chi connectivity index (χ0n) is 10.8. The second-order valence-corrected chi connectivity index (χ2v) is 5.95. The van der Waals surface area contributed by atoms with Crippen molar-refractivity contribution in [3.8, 4) is 5.75 Å². The molecule has 0 saturated heterocycles. The van der Waals surface area contributed by atoms with E-state index in [0.717, 1.165) is 31.3 Å². The van der Waals surface area contributed by atoms with Crippen LogP contribution in [0.1, 0.15) is 6.92 Å². The molecule has 2 heterocycles. The van der Waals surface area contributed by atoms with Crippen LogP contribution in [0.4, 0.5) is 0 Å². The molecule has 0 bridgehead atoms. The molecule has 0 aliphatic rings. The van der Waals surface area contributed by atoms with Gasteiger partial charge in [0.25, 0.3) is 0 Å². The van der Waals surface area contributed by atoms with E-state index >= 15 is 0 Å². The van der Waals surface area contributed by atoms with Gasteiger partial charge in [0.05, 0.1) is 17.6 Å². The van der Waals surface area contributed by atoms with Crippen molar-refractivity contribution in [2.24, 2.45) is 0 Å². The maximum atomic E-state index is 5.49. The van der Waals surface area contributed by atoms with E-state index in [9.17, 15) is 0 Å². The lowest BCUT2D eigenvalue weighted by molar-refractivity contribution is 0.340. The molecule has 0 amide bonds. The molecule has 0 saturated carbocycles. The number of nitrogens with zero attached hydrogens (tertiary/aromatic N) is 2. The monoisotopic (exact) mass is 349 g/mol. The number of fused-ring (bicyclic) bond motifs is 1. The Morgan fingerprint density at radius 2 is 2.25 bits per heavy atom. The molecule has 6 heteroatoms. The van der Waals surface area contributed by atoms with Crippen LogP contribution in [0, 0.1) is 0 Å². The predicted octanol–water partition coefficient (Wildman–Crippen LogP) is 4.27. The minimum atomic E-state index is 0.658. The summed E-state index contributed by atoms with van der Waals surface area (Å²) in [7, 11) is 0. The van der Waals surface area contributed by atoms with Crippen molar-refractivity contribution >= 4 is 38.7 Å². The van der Waals surface area contributed by atoms with Gasteiger partial charge in [-0.1, -0.05) is 11.8 Å². The van der Waals surface area contributed by atoms with Crippen molar-refractivity contribution in [3.63, 3.8) is 0 Å². The molecule has 0 aliphatic carbocycles. The SMILES string of the molecule is CCOc1ccc2nc(Sc3ccncc3Br)[nH]c2c1. The average molecular weight is 350 g/mol. The van der Waals surface area contributed by atoms with Crippen LogP contribution in [-0.2, 0) is 0 Å². The Labute approximate surface area is 129 Å². The summed E-state index contributed by atoms with van der Waals surface area (Å²) in [4.78, 5) is 13.0. The fourth-order valence-electron chi connectivity index (χ4n) is 1.82. The quantitative estimate of drug-likeness (QED) is 0.763. The molecule has 3 rings (SSSR count). The summed E-state index contributed by atoms with van der Waals surface area (Å²) >= 11 is 5.05. The number of nitrogens with one attached hydrogen (secondary N) is 1. The van der Waals surface area contributed by atoms with Crippen molar-refractivity contribution in [1.29, 1.82) is 0 Å². The summed E-state index contributed by atoms with van der Waals surface area (Å²) in [6.07, 6.45) is 3.54. The van der Waals surface area contributed by atoms with E-state index in [4.69, 9.17) is 4.74 Å². The topological polar surface area (TPSA) is 50.8 Å². The Kier molecular flexibility index (Phi) is 3.93. The molecule has 0 spiro atoms. The molecule has 2 aromatic heterocycles. The second kappa shape index (κ2) is 5.85. The first-order valence-electron chi connectivity index (χ1n) is 6.16. The third kappa shape index (κ3) is 2.81. The van der Waals surface area contributed by atoms with Crippen LogP contribution in [-0.4, -0.2) is 21.6 Å². The fourth-order valence-corrected chi connectivity index (χ4v) is 3.11. The fraction of sp³-hybridized carbons (Fsp3) is 0.143. The summed E-state index contributed by atoms with van der Waals surface area (Å²) in [5.74, 6) is 0.852. The molecule has 0 unspecified atom stereocenters. The Hall–Kier alpha value is -1.53. The molecule has 102 valence electrons. The van der Waals surface area contributed by atoms with Gasteiger partial charge in [0, 0.05) is 27.8 Å². The molecular weight excluding hydrogens is 338 g/mol. The standard InChI is InChI=1S/C14H12BrN3OS/c1-2-19-9-3-4-11-12(7-9)18-14(17-11)20-13-5-6-16-8-10(13)15/h3-8H,2H2,1H3,(H,17,18). The van der Waals surface area contributed by atoms with Gasteiger partial charge < -0.3 is 9.72 Å². The van der Waals surface area contributed by atoms with Crippen LogP contribution in [0.5, 0.6) is 5.75 Å². The number of aromatic nitrogens is 3. The lowest BCUT2D eigenvalue weighted by atomic mass is 10.3. The van der Waals surface area contributed by atoms with Crippen LogP contribution in [0.3, 0.4) is 0 Å². The molecule has 0 radical (unpaired) electrons. The Morgan fingerprint density at radius 1 is 1.35 bits per heavy atom. The van der Waals surface area contributed by atoms with Gasteiger partial charge in [-0.25, -0.2) is 4.98 Å². The summed E-state index contributed by atoms with van der Waals surface area (Å²) in [5, 5.41) is 0.848. The number of pyridine rings is 1. The number of hydrogen-bond acceptors (Lipinski definition) is 4. The van der Waals surface area contributed by atoms with E-state index in [-0.39, 0.29) is 0 Å². The highest BCUT2D eigenvalue weighted by molar-refractivity contribution is 9.10. The van der Waals surface area contributed by atoms with Gasteiger partial charge in [0.15, 0.2) is 5.16 Å². The van der Waals surface area contributed by atoms with E-state index in [1.165, 1.54) is 0 Å². The van der Waals surface area contributed by atoms with Crippen LogP contribution in [0.2, 0.25) is 0 Å². The van der Waals surface area contributed by atoms with E-state index in [1.54, 1.807) is 24.2 Å². The number of imidazole rings is 1. The van der Waals surface area contributed by atoms with Gasteiger partial charge in [-0.15, -0.1) is 0 Å². The number of H-pyrrole nitrogens is 1. The normalized spacial score (nSPS) is 10.9. The third-order valence-electron chi connectivity index (χ3n) is 2.68. The first-order valence-corrected chi connectivity index (χ1v) is 7.77. The summed E-state index contributed by atoms with van der Waals surface area (Å²) in [5.41, 5.74) is 1.91. The zero-order chi connectivity index (χ0) is 13.9. The lowest BCUT2D eigenvalue weighted by Gasteiger charge is -2.00. The Balaban J connectivity index is 1.91. The van der Waals surface area contributed by atoms with Gasteiger partial charge in [0.2, 0.25) is 0 Å². The molecule has 0 aliphatic heterocycles. The number of halogens is 1. The minimum Gasteiger partial charge on any atom is -0.494 e. The highest BCUT2D eigenvalue weighted by atomic mass is 79.9. The van der Waals surface area contributed by atoms with Gasteiger partial charge in [-0.05, 0) is 41.1 Å². The van der Waals surface area contributed by atoms with Gasteiger partial charge in [0.1, 0.15) is 5.75 Å². The number of rotatable bonds is 4. The van der Waals surface area contributed by atoms with Crippen LogP contribution < -0.4 is 4.74 Å². The van der Waals surface area contributed by atoms with E-state index < -0.39 is 0 Å². The first kappa shape index (κ1) is 13.5. The summed E-state index contributed by atoms with van der Waals surface area (Å²) in [6, 6.07) is 7.82. The molecule has 1 N–H and O–H groups in total. The van der Waals surface area contributed by atoms with Gasteiger partial charge in [-0.2, -0.15) is 0 Å². The van der Waals surface area contributed by atoms with Crippen molar-refractivity contribution in [2.75, 3.05) is 6.61 Å². The molecule has 4 nitrogen and oxygen atoms in total. The number of aromatic amines is 1. The maximum Gasteiger partial charge on any atom is 0.171 e. The third-order valence-corrected chi connectivity index (χ3v) is 4.54. The van der Waals surface area contributed by atoms with Crippen molar-refractivity contribution in [2.45, 2.75) is 17.0 Å². The minimum absolute atomic E-state index is 0.658. The summed E-state index contributed by atoms with van der Waals surface area (Å²) in [6.45, 7) is 2.63. The van der Waals surface area contributed by atoms with Crippen molar-refractivity contribution < 1.29 is 4.74 Å². The number of benzene rings is 1. The predicted molar refractivity (Wildman–Crippen MR) is 83.3 cm³/mol. The smallest absolute Gasteiger partial charge is 0.171 e. The first-order chi connectivity index (χ1) is 9.76. The molecule has 20 heavy (non-hydrogen) atoms. The van der Waals surface area contributed by atoms with E-state index in [2.05, 4.69) is 30.9 Å².